The van der Waals surface area contributed by atoms with Crippen molar-refractivity contribution in [1.82, 2.24) is 14.1 Å². The summed E-state index contributed by atoms with van der Waals surface area (Å²) in [6, 6.07) is -0.510. The van der Waals surface area contributed by atoms with E-state index < -0.39 is 10.0 Å². The van der Waals surface area contributed by atoms with Gasteiger partial charge in [0.05, 0.1) is 24.9 Å². The van der Waals surface area contributed by atoms with Gasteiger partial charge in [-0.2, -0.15) is 9.40 Å². The molecule has 154 valence electrons. The van der Waals surface area contributed by atoms with Crippen LogP contribution in [0, 0.1) is 11.8 Å². The molecule has 1 saturated carbocycles. The Morgan fingerprint density at radius 1 is 1.26 bits per heavy atom. The zero-order chi connectivity index (χ0) is 19.6. The van der Waals surface area contributed by atoms with Crippen LogP contribution in [0.15, 0.2) is 17.3 Å². The van der Waals surface area contributed by atoms with Gasteiger partial charge >= 0.3 is 0 Å². The van der Waals surface area contributed by atoms with Crippen LogP contribution in [0.4, 0.5) is 0 Å². The Morgan fingerprint density at radius 2 is 1.96 bits per heavy atom. The van der Waals surface area contributed by atoms with E-state index in [-0.39, 0.29) is 23.1 Å². The summed E-state index contributed by atoms with van der Waals surface area (Å²) in [5.41, 5.74) is 6.32. The number of aromatic nitrogens is 2. The Balaban J connectivity index is 1.65. The van der Waals surface area contributed by atoms with Gasteiger partial charge in [-0.25, -0.2) is 8.42 Å². The van der Waals surface area contributed by atoms with E-state index in [1.54, 1.807) is 13.2 Å². The molecule has 0 bridgehead atoms. The van der Waals surface area contributed by atoms with Gasteiger partial charge in [0.15, 0.2) is 0 Å². The van der Waals surface area contributed by atoms with Crippen LogP contribution in [0.25, 0.3) is 0 Å². The van der Waals surface area contributed by atoms with Crippen molar-refractivity contribution in [3.63, 3.8) is 0 Å². The third-order valence-electron chi connectivity index (χ3n) is 6.23. The first kappa shape index (κ1) is 20.8. The maximum absolute atomic E-state index is 13.1. The van der Waals surface area contributed by atoms with Gasteiger partial charge in [0.25, 0.3) is 0 Å². The third-order valence-corrected chi connectivity index (χ3v) is 8.11. The molecule has 0 amide bonds. The maximum atomic E-state index is 13.1. The Hall–Kier alpha value is -0.960. The second-order valence-electron chi connectivity index (χ2n) is 8.45. The molecular formula is C19H34N4O3S. The van der Waals surface area contributed by atoms with Crippen LogP contribution in [-0.2, 0) is 21.8 Å². The fraction of sp³-hybridized carbons (Fsp3) is 0.842. The average molecular weight is 399 g/mol. The highest BCUT2D eigenvalue weighted by atomic mass is 32.2. The summed E-state index contributed by atoms with van der Waals surface area (Å²) in [5.74, 6) is 1.50. The molecule has 1 aromatic heterocycles. The van der Waals surface area contributed by atoms with Crippen molar-refractivity contribution in [3.05, 3.63) is 12.4 Å². The van der Waals surface area contributed by atoms with E-state index >= 15 is 0 Å². The van der Waals surface area contributed by atoms with Crippen molar-refractivity contribution in [2.24, 2.45) is 24.6 Å². The van der Waals surface area contributed by atoms with Crippen LogP contribution in [0.5, 0.6) is 0 Å². The van der Waals surface area contributed by atoms with E-state index in [1.165, 1.54) is 28.0 Å². The monoisotopic (exact) mass is 398 g/mol. The lowest BCUT2D eigenvalue weighted by Gasteiger charge is -2.39. The molecule has 2 atom stereocenters. The molecule has 27 heavy (non-hydrogen) atoms. The van der Waals surface area contributed by atoms with Gasteiger partial charge in [0.2, 0.25) is 10.0 Å². The summed E-state index contributed by atoms with van der Waals surface area (Å²) in [6.45, 7) is 5.43. The van der Waals surface area contributed by atoms with Crippen LogP contribution in [0.2, 0.25) is 0 Å². The molecule has 7 nitrogen and oxygen atoms in total. The molecule has 0 radical (unpaired) electrons. The van der Waals surface area contributed by atoms with Crippen molar-refractivity contribution in [2.45, 2.75) is 75.5 Å². The highest BCUT2D eigenvalue weighted by Crippen LogP contribution is 2.32. The van der Waals surface area contributed by atoms with Crippen molar-refractivity contribution in [2.75, 3.05) is 13.2 Å². The van der Waals surface area contributed by atoms with Crippen molar-refractivity contribution in [1.29, 1.82) is 0 Å². The lowest BCUT2D eigenvalue weighted by atomic mass is 9.80. The fourth-order valence-corrected chi connectivity index (χ4v) is 6.06. The summed E-state index contributed by atoms with van der Waals surface area (Å²) < 4.78 is 35.4. The average Bonchev–Trinajstić information content (AvgIpc) is 3.08. The van der Waals surface area contributed by atoms with Crippen LogP contribution < -0.4 is 5.73 Å². The Kier molecular flexibility index (Phi) is 6.61. The predicted molar refractivity (Wildman–Crippen MR) is 105 cm³/mol. The molecule has 1 aliphatic heterocycles. The SMILES string of the molecule is CC(C)[C@H]1CC[C@@H](OC[C@H]2[C@@H](N)CCCN2S(=O)(=O)c2cnn(C)c2)CC1. The van der Waals surface area contributed by atoms with E-state index in [2.05, 4.69) is 18.9 Å². The number of nitrogens with zero attached hydrogens (tertiary/aromatic N) is 3. The summed E-state index contributed by atoms with van der Waals surface area (Å²) >= 11 is 0. The van der Waals surface area contributed by atoms with Gasteiger partial charge in [0, 0.05) is 25.8 Å². The summed E-state index contributed by atoms with van der Waals surface area (Å²) in [7, 11) is -1.89. The molecule has 3 rings (SSSR count). The van der Waals surface area contributed by atoms with Crippen molar-refractivity contribution in [3.8, 4) is 0 Å². The van der Waals surface area contributed by atoms with E-state index in [4.69, 9.17) is 10.5 Å². The molecule has 1 aliphatic carbocycles. The highest BCUT2D eigenvalue weighted by Gasteiger charge is 2.39. The third kappa shape index (κ3) is 4.72. The normalized spacial score (nSPS) is 30.7. The van der Waals surface area contributed by atoms with Gasteiger partial charge in [-0.3, -0.25) is 4.68 Å². The van der Waals surface area contributed by atoms with Gasteiger partial charge in [0.1, 0.15) is 4.90 Å². The number of ether oxygens (including phenoxy) is 1. The van der Waals surface area contributed by atoms with Gasteiger partial charge < -0.3 is 10.5 Å². The first-order valence-corrected chi connectivity index (χ1v) is 11.6. The number of hydrogen-bond acceptors (Lipinski definition) is 5. The number of rotatable bonds is 6. The highest BCUT2D eigenvalue weighted by molar-refractivity contribution is 7.89. The molecule has 2 aliphatic rings. The quantitative estimate of drug-likeness (QED) is 0.793. The minimum Gasteiger partial charge on any atom is -0.376 e. The molecule has 1 aromatic rings. The van der Waals surface area contributed by atoms with Crippen LogP contribution in [0.3, 0.4) is 0 Å². The second-order valence-corrected chi connectivity index (χ2v) is 10.3. The van der Waals surface area contributed by atoms with Gasteiger partial charge in [-0.15, -0.1) is 0 Å². The van der Waals surface area contributed by atoms with Gasteiger partial charge in [-0.1, -0.05) is 13.8 Å². The summed E-state index contributed by atoms with van der Waals surface area (Å²) in [6.07, 6.45) is 9.26. The number of aryl methyl sites for hydroxylation is 1. The standard InChI is InChI=1S/C19H34N4O3S/c1-14(2)15-6-8-16(9-7-15)26-13-19-18(20)5-4-10-23(19)27(24,25)17-11-21-22(3)12-17/h11-12,14-16,18-19H,4-10,13,20H2,1-3H3/t15-,16+,18-,19-/m0/s1. The molecule has 2 heterocycles. The van der Waals surface area contributed by atoms with E-state index in [0.717, 1.165) is 37.5 Å². The maximum Gasteiger partial charge on any atom is 0.246 e. The number of nitrogens with two attached hydrogens (primary N) is 1. The summed E-state index contributed by atoms with van der Waals surface area (Å²) in [5, 5.41) is 4.01. The van der Waals surface area contributed by atoms with Crippen LogP contribution in [-0.4, -0.2) is 53.8 Å². The largest absolute Gasteiger partial charge is 0.376 e. The van der Waals surface area contributed by atoms with E-state index in [9.17, 15) is 8.42 Å². The van der Waals surface area contributed by atoms with Crippen LogP contribution in [0.1, 0.15) is 52.4 Å². The molecule has 1 saturated heterocycles. The number of hydrogen-bond donors (Lipinski definition) is 1. The minimum absolute atomic E-state index is 0.197. The lowest BCUT2D eigenvalue weighted by molar-refractivity contribution is -0.0161. The van der Waals surface area contributed by atoms with Crippen LogP contribution >= 0.6 is 0 Å². The molecule has 2 N–H and O–H groups in total. The molecule has 0 aromatic carbocycles. The second kappa shape index (κ2) is 8.59. The molecule has 2 fully saturated rings. The fourth-order valence-electron chi connectivity index (χ4n) is 4.38. The van der Waals surface area contributed by atoms with E-state index in [0.29, 0.717) is 13.2 Å². The molecular weight excluding hydrogens is 364 g/mol. The molecule has 8 heteroatoms. The first-order valence-electron chi connectivity index (χ1n) is 10.2. The minimum atomic E-state index is -3.61. The number of sulfonamides is 1. The topological polar surface area (TPSA) is 90.4 Å². The van der Waals surface area contributed by atoms with Crippen molar-refractivity contribution < 1.29 is 13.2 Å². The predicted octanol–water partition coefficient (Wildman–Crippen LogP) is 2.13. The Bertz CT molecular complexity index is 710. The summed E-state index contributed by atoms with van der Waals surface area (Å²) in [4.78, 5) is 0.224. The van der Waals surface area contributed by atoms with E-state index in [1.807, 2.05) is 0 Å². The van der Waals surface area contributed by atoms with Gasteiger partial charge in [-0.05, 0) is 50.4 Å². The Labute approximate surface area is 163 Å². The number of piperidine rings is 1. The molecule has 0 unspecified atom stereocenters. The first-order chi connectivity index (χ1) is 12.8. The Morgan fingerprint density at radius 3 is 2.56 bits per heavy atom. The smallest absolute Gasteiger partial charge is 0.246 e. The van der Waals surface area contributed by atoms with Crippen molar-refractivity contribution >= 4 is 10.0 Å². The zero-order valence-corrected chi connectivity index (χ0v) is 17.6. The lowest BCUT2D eigenvalue weighted by Crippen LogP contribution is -2.56. The zero-order valence-electron chi connectivity index (χ0n) is 16.8. The molecule has 0 spiro atoms.